The molecule has 1 aliphatic rings. The van der Waals surface area contributed by atoms with Crippen molar-refractivity contribution in [1.29, 1.82) is 0 Å². The van der Waals surface area contributed by atoms with Gasteiger partial charge in [0, 0.05) is 31.9 Å². The summed E-state index contributed by atoms with van der Waals surface area (Å²) in [6, 6.07) is 19.4. The van der Waals surface area contributed by atoms with Gasteiger partial charge in [-0.15, -0.1) is 0 Å². The van der Waals surface area contributed by atoms with Gasteiger partial charge in [-0.05, 0) is 46.6 Å². The maximum atomic E-state index is 2.21. The van der Waals surface area contributed by atoms with Crippen molar-refractivity contribution in [3.8, 4) is 0 Å². The second kappa shape index (κ2) is 8.68. The van der Waals surface area contributed by atoms with Crippen molar-refractivity contribution >= 4 is 17.0 Å². The number of rotatable bonds is 3. The van der Waals surface area contributed by atoms with Crippen LogP contribution in [0, 0.1) is 0 Å². The normalized spacial score (nSPS) is 12.6. The molecule has 0 N–H and O–H groups in total. The van der Waals surface area contributed by atoms with Crippen LogP contribution in [0.15, 0.2) is 84.5 Å². The van der Waals surface area contributed by atoms with Gasteiger partial charge in [0.15, 0.2) is 5.71 Å². The van der Waals surface area contributed by atoms with Gasteiger partial charge >= 0.3 is 0 Å². The van der Waals surface area contributed by atoms with E-state index >= 15 is 0 Å². The van der Waals surface area contributed by atoms with Crippen LogP contribution in [0.3, 0.4) is 0 Å². The van der Waals surface area contributed by atoms with Crippen LogP contribution >= 0.6 is 0 Å². The Hall–Kier alpha value is -2.58. The largest absolute Gasteiger partial charge is 1.00 e. The molecule has 0 radical (unpaired) electrons. The predicted molar refractivity (Wildman–Crippen MR) is 109 cm³/mol. The van der Waals surface area contributed by atoms with Gasteiger partial charge in [0.2, 0.25) is 0 Å². The first-order valence-corrected chi connectivity index (χ1v) is 8.54. The number of anilines is 1. The van der Waals surface area contributed by atoms with E-state index in [1.165, 1.54) is 33.7 Å². The lowest BCUT2D eigenvalue weighted by molar-refractivity contribution is -0.462. The Bertz CT molecular complexity index is 848. The Morgan fingerprint density at radius 1 is 0.731 bits per heavy atom. The Kier molecular flexibility index (Phi) is 6.59. The number of hydrogen-bond donors (Lipinski definition) is 0. The van der Waals surface area contributed by atoms with E-state index in [1.54, 1.807) is 0 Å². The van der Waals surface area contributed by atoms with Crippen molar-refractivity contribution in [2.24, 2.45) is 0 Å². The zero-order valence-corrected chi connectivity index (χ0v) is 16.5. The Morgan fingerprint density at radius 3 is 1.77 bits per heavy atom. The van der Waals surface area contributed by atoms with Gasteiger partial charge < -0.3 is 17.3 Å². The minimum Gasteiger partial charge on any atom is -1.00 e. The predicted octanol–water partition coefficient (Wildman–Crippen LogP) is 1.40. The Morgan fingerprint density at radius 2 is 1.27 bits per heavy atom. The molecule has 2 aromatic carbocycles. The first-order chi connectivity index (χ1) is 12.1. The number of hydrogen-bond acceptors (Lipinski definition) is 1. The smallest absolute Gasteiger partial charge is 0.199 e. The molecule has 2 aromatic rings. The summed E-state index contributed by atoms with van der Waals surface area (Å²) in [5.41, 5.74) is 7.37. The van der Waals surface area contributed by atoms with Gasteiger partial charge in [-0.3, -0.25) is 0 Å². The molecule has 0 atom stereocenters. The van der Waals surface area contributed by atoms with E-state index in [1.807, 2.05) is 0 Å². The van der Waals surface area contributed by atoms with Gasteiger partial charge in [-0.2, -0.15) is 0 Å². The first kappa shape index (κ1) is 19.7. The molecule has 0 saturated carbocycles. The van der Waals surface area contributed by atoms with Gasteiger partial charge in [0.05, 0.1) is 0 Å². The molecule has 0 aromatic heterocycles. The molecular weight excluding hydrogens is 344 g/mol. The highest BCUT2D eigenvalue weighted by molar-refractivity contribution is 6.03. The van der Waals surface area contributed by atoms with Crippen LogP contribution in [0.4, 0.5) is 5.69 Å². The zero-order valence-electron chi connectivity index (χ0n) is 15.8. The molecule has 0 fully saturated rings. The van der Waals surface area contributed by atoms with E-state index in [0.717, 1.165) is 0 Å². The van der Waals surface area contributed by atoms with Crippen molar-refractivity contribution in [3.63, 3.8) is 0 Å². The van der Waals surface area contributed by atoms with E-state index in [2.05, 4.69) is 117 Å². The van der Waals surface area contributed by atoms with E-state index in [4.69, 9.17) is 0 Å². The maximum Gasteiger partial charge on any atom is 0.199 e. The maximum absolute atomic E-state index is 2.21. The van der Waals surface area contributed by atoms with Crippen molar-refractivity contribution in [1.82, 2.24) is 0 Å². The third-order valence-electron chi connectivity index (χ3n) is 4.41. The highest BCUT2D eigenvalue weighted by atomic mass is 35.5. The third kappa shape index (κ3) is 4.33. The van der Waals surface area contributed by atoms with Gasteiger partial charge in [-0.25, -0.2) is 4.58 Å². The lowest BCUT2D eigenvalue weighted by atomic mass is 9.91. The summed E-state index contributed by atoms with van der Waals surface area (Å²) in [6.07, 6.45) is 8.76. The fourth-order valence-corrected chi connectivity index (χ4v) is 2.96. The van der Waals surface area contributed by atoms with Gasteiger partial charge in [-0.1, -0.05) is 42.5 Å². The van der Waals surface area contributed by atoms with Crippen molar-refractivity contribution < 1.29 is 17.0 Å². The lowest BCUT2D eigenvalue weighted by Crippen LogP contribution is -3.00. The van der Waals surface area contributed by atoms with Crippen LogP contribution in [0.1, 0.15) is 11.1 Å². The fraction of sp³-hybridized carbons (Fsp3) is 0.174. The van der Waals surface area contributed by atoms with Gasteiger partial charge in [0.25, 0.3) is 0 Å². The van der Waals surface area contributed by atoms with Crippen molar-refractivity contribution in [2.75, 3.05) is 33.1 Å². The molecule has 26 heavy (non-hydrogen) atoms. The second-order valence-electron chi connectivity index (χ2n) is 6.62. The summed E-state index contributed by atoms with van der Waals surface area (Å²) in [7, 11) is 8.27. The fourth-order valence-electron chi connectivity index (χ4n) is 2.96. The highest BCUT2D eigenvalue weighted by Crippen LogP contribution is 2.30. The molecule has 1 aliphatic carbocycles. The number of benzene rings is 2. The van der Waals surface area contributed by atoms with Crippen LogP contribution in [0.2, 0.25) is 0 Å². The summed E-state index contributed by atoms with van der Waals surface area (Å²) < 4.78 is 2.12. The number of allylic oxidation sites excluding steroid dienone is 5. The van der Waals surface area contributed by atoms with E-state index in [-0.39, 0.29) is 12.4 Å². The summed E-state index contributed by atoms with van der Waals surface area (Å²) in [4.78, 5) is 2.12. The molecule has 0 heterocycles. The van der Waals surface area contributed by atoms with Crippen molar-refractivity contribution in [3.05, 3.63) is 95.6 Å². The molecular formula is C23H25ClN2. The topological polar surface area (TPSA) is 6.25 Å². The van der Waals surface area contributed by atoms with Crippen LogP contribution in [-0.4, -0.2) is 38.5 Å². The van der Waals surface area contributed by atoms with Crippen LogP contribution < -0.4 is 17.3 Å². The summed E-state index contributed by atoms with van der Waals surface area (Å²) in [6.45, 7) is 0. The molecule has 0 spiro atoms. The quantitative estimate of drug-likeness (QED) is 0.586. The number of halogens is 1. The average molecular weight is 369 g/mol. The zero-order chi connectivity index (χ0) is 17.8. The van der Waals surface area contributed by atoms with Crippen LogP contribution in [0.5, 0.6) is 0 Å². The number of nitrogens with zero attached hydrogens (tertiary/aromatic N) is 2. The van der Waals surface area contributed by atoms with E-state index in [9.17, 15) is 0 Å². The Labute approximate surface area is 162 Å². The average Bonchev–Trinajstić information content (AvgIpc) is 2.64. The molecule has 3 rings (SSSR count). The standard InChI is InChI=1S/C23H25N2.ClH/c1-24(2)21-14-10-19(11-15-21)23(18-8-6-5-7-9-18)20-12-16-22(17-13-20)25(3)4;/h5-17H,1-4H3;1H/q+1;/p-1/i1+1,2+1,3+1,4+1;. The SMILES string of the molecule is [13CH3]N([13CH3])c1ccc(C(=C2C=CC(=[N+]([13CH3])[13CH3])C=C2)c2ccccc2)cc1.[Cl-]. The molecule has 0 bridgehead atoms. The minimum absolute atomic E-state index is 0. The third-order valence-corrected chi connectivity index (χ3v) is 4.41. The first-order valence-electron chi connectivity index (χ1n) is 8.54. The monoisotopic (exact) mass is 368 g/mol. The van der Waals surface area contributed by atoms with Gasteiger partial charge in [0.1, 0.15) is 14.1 Å². The second-order valence-corrected chi connectivity index (χ2v) is 6.62. The summed E-state index contributed by atoms with van der Waals surface area (Å²) in [5, 5.41) is 0. The summed E-state index contributed by atoms with van der Waals surface area (Å²) in [5.74, 6) is 0. The van der Waals surface area contributed by atoms with E-state index in [0.29, 0.717) is 0 Å². The molecule has 0 aliphatic heterocycles. The summed E-state index contributed by atoms with van der Waals surface area (Å²) >= 11 is 0. The molecule has 134 valence electrons. The molecule has 0 amide bonds. The lowest BCUT2D eigenvalue weighted by Gasteiger charge is -2.16. The molecule has 2 nitrogen and oxygen atoms in total. The van der Waals surface area contributed by atoms with Crippen molar-refractivity contribution in [2.45, 2.75) is 0 Å². The Balaban J connectivity index is 0.00000243. The molecule has 0 unspecified atom stereocenters. The molecule has 0 saturated heterocycles. The molecule has 3 heteroatoms. The van der Waals surface area contributed by atoms with Crippen LogP contribution in [0.25, 0.3) is 5.57 Å². The van der Waals surface area contributed by atoms with Crippen LogP contribution in [-0.2, 0) is 0 Å². The van der Waals surface area contributed by atoms with E-state index < -0.39 is 0 Å². The minimum atomic E-state index is 0. The highest BCUT2D eigenvalue weighted by Gasteiger charge is 2.13.